The van der Waals surface area contributed by atoms with Crippen molar-refractivity contribution in [3.63, 3.8) is 0 Å². The number of carbonyl (C=O) groups is 1. The molecule has 0 spiro atoms. The van der Waals surface area contributed by atoms with Crippen LogP contribution in [0, 0.1) is 12.7 Å². The van der Waals surface area contributed by atoms with Crippen molar-refractivity contribution in [2.45, 2.75) is 13.3 Å². The van der Waals surface area contributed by atoms with E-state index in [9.17, 15) is 9.18 Å². The Balaban J connectivity index is 1.44. The van der Waals surface area contributed by atoms with E-state index in [4.69, 9.17) is 5.73 Å². The first-order chi connectivity index (χ1) is 16.4. The summed E-state index contributed by atoms with van der Waals surface area (Å²) in [6.07, 6.45) is 3.49. The molecule has 0 unspecified atom stereocenters. The molecule has 7 heteroatoms. The van der Waals surface area contributed by atoms with Crippen LogP contribution in [0.2, 0.25) is 0 Å². The number of anilines is 3. The lowest BCUT2D eigenvalue weighted by Crippen LogP contribution is -2.15. The fourth-order valence-electron chi connectivity index (χ4n) is 3.45. The number of nitrogens with two attached hydrogens (primary N) is 1. The summed E-state index contributed by atoms with van der Waals surface area (Å²) >= 11 is 0. The van der Waals surface area contributed by atoms with Crippen molar-refractivity contribution in [2.24, 2.45) is 0 Å². The maximum Gasteiger partial charge on any atom is 0.258 e. The molecule has 0 saturated heterocycles. The molecule has 0 atom stereocenters. The van der Waals surface area contributed by atoms with Crippen molar-refractivity contribution >= 4 is 28.7 Å². The van der Waals surface area contributed by atoms with Gasteiger partial charge in [-0.05, 0) is 54.4 Å². The van der Waals surface area contributed by atoms with E-state index in [-0.39, 0.29) is 5.56 Å². The number of nitrogen functional groups attached to an aromatic ring is 1. The smallest absolute Gasteiger partial charge is 0.258 e. The van der Waals surface area contributed by atoms with E-state index < -0.39 is 11.7 Å². The highest BCUT2D eigenvalue weighted by atomic mass is 19.1. The van der Waals surface area contributed by atoms with E-state index in [0.717, 1.165) is 16.7 Å². The minimum atomic E-state index is -0.636. The van der Waals surface area contributed by atoms with Gasteiger partial charge in [0, 0.05) is 23.5 Å². The molecule has 4 rings (SSSR count). The molecule has 0 aliphatic heterocycles. The van der Waals surface area contributed by atoms with Crippen molar-refractivity contribution in [1.29, 1.82) is 0 Å². The number of rotatable bonds is 7. The third kappa shape index (κ3) is 5.63. The van der Waals surface area contributed by atoms with E-state index in [1.165, 1.54) is 24.5 Å². The van der Waals surface area contributed by atoms with E-state index in [2.05, 4.69) is 27.2 Å². The van der Waals surface area contributed by atoms with Crippen LogP contribution in [0.5, 0.6) is 0 Å². The molecule has 0 saturated carbocycles. The zero-order valence-electron chi connectivity index (χ0n) is 18.7. The van der Waals surface area contributed by atoms with E-state index in [0.29, 0.717) is 35.0 Å². The number of aromatic nitrogens is 2. The topological polar surface area (TPSA) is 92.9 Å². The fraction of sp³-hybridized carbons (Fsp3) is 0.0741. The molecule has 3 aromatic carbocycles. The molecule has 1 aromatic heterocycles. The van der Waals surface area contributed by atoms with Gasteiger partial charge in [0.2, 0.25) is 0 Å². The van der Waals surface area contributed by atoms with Gasteiger partial charge in [-0.25, -0.2) is 14.4 Å². The second-order valence-corrected chi connectivity index (χ2v) is 7.93. The SMILES string of the molecule is C=C(Nc1ccc(F)c(C(=O)Nc2cnc(Cc3cccc(N)c3)nc2)c1)c1cccc(C)c1. The van der Waals surface area contributed by atoms with Crippen molar-refractivity contribution in [1.82, 2.24) is 9.97 Å². The second-order valence-electron chi connectivity index (χ2n) is 7.93. The predicted molar refractivity (Wildman–Crippen MR) is 134 cm³/mol. The number of nitrogens with zero attached hydrogens (tertiary/aromatic N) is 2. The van der Waals surface area contributed by atoms with E-state index >= 15 is 0 Å². The molecule has 0 radical (unpaired) electrons. The standard InChI is InChI=1S/C27H24FN5O/c1-17-5-3-7-20(11-17)18(2)32-22-9-10-25(28)24(14-22)27(34)33-23-15-30-26(31-16-23)13-19-6-4-8-21(29)12-19/h3-12,14-16,32H,2,13,29H2,1H3,(H,33,34). The third-order valence-electron chi connectivity index (χ3n) is 5.15. The number of halogens is 1. The highest BCUT2D eigenvalue weighted by Crippen LogP contribution is 2.21. The number of hydrogen-bond acceptors (Lipinski definition) is 5. The highest BCUT2D eigenvalue weighted by Gasteiger charge is 2.14. The maximum absolute atomic E-state index is 14.4. The largest absolute Gasteiger partial charge is 0.399 e. The fourth-order valence-corrected chi connectivity index (χ4v) is 3.45. The average Bonchev–Trinajstić information content (AvgIpc) is 2.81. The quantitative estimate of drug-likeness (QED) is 0.324. The van der Waals surface area contributed by atoms with Gasteiger partial charge in [-0.3, -0.25) is 4.79 Å². The van der Waals surface area contributed by atoms with Crippen molar-refractivity contribution in [3.8, 4) is 0 Å². The van der Waals surface area contributed by atoms with Crippen LogP contribution in [-0.4, -0.2) is 15.9 Å². The van der Waals surface area contributed by atoms with Gasteiger partial charge in [0.1, 0.15) is 11.6 Å². The van der Waals surface area contributed by atoms with Crippen LogP contribution in [-0.2, 0) is 6.42 Å². The summed E-state index contributed by atoms with van der Waals surface area (Å²) in [5.74, 6) is -0.659. The molecule has 4 N–H and O–H groups in total. The number of nitrogens with one attached hydrogen (secondary N) is 2. The summed E-state index contributed by atoms with van der Waals surface area (Å²) < 4.78 is 14.4. The molecule has 0 aliphatic rings. The minimum absolute atomic E-state index is 0.106. The lowest BCUT2D eigenvalue weighted by Gasteiger charge is -2.12. The maximum atomic E-state index is 14.4. The second kappa shape index (κ2) is 9.95. The molecular weight excluding hydrogens is 429 g/mol. The van der Waals surface area contributed by atoms with Crippen LogP contribution in [0.1, 0.15) is 32.9 Å². The summed E-state index contributed by atoms with van der Waals surface area (Å²) in [5, 5.41) is 5.78. The van der Waals surface area contributed by atoms with Gasteiger partial charge in [-0.2, -0.15) is 0 Å². The van der Waals surface area contributed by atoms with E-state index in [1.807, 2.05) is 55.5 Å². The van der Waals surface area contributed by atoms with Gasteiger partial charge in [0.05, 0.1) is 23.6 Å². The van der Waals surface area contributed by atoms with Crippen LogP contribution >= 0.6 is 0 Å². The van der Waals surface area contributed by atoms with Crippen LogP contribution in [0.4, 0.5) is 21.5 Å². The molecule has 0 aliphatic carbocycles. The van der Waals surface area contributed by atoms with Gasteiger partial charge >= 0.3 is 0 Å². The van der Waals surface area contributed by atoms with Crippen molar-refractivity contribution in [3.05, 3.63) is 120 Å². The van der Waals surface area contributed by atoms with Gasteiger partial charge < -0.3 is 16.4 Å². The Morgan fingerprint density at radius 1 is 0.971 bits per heavy atom. The molecular formula is C27H24FN5O. The summed E-state index contributed by atoms with van der Waals surface area (Å²) in [4.78, 5) is 21.3. The Labute approximate surface area is 197 Å². The first-order valence-corrected chi connectivity index (χ1v) is 10.7. The summed E-state index contributed by atoms with van der Waals surface area (Å²) in [5.41, 5.74) is 10.9. The number of hydrogen-bond donors (Lipinski definition) is 3. The zero-order valence-corrected chi connectivity index (χ0v) is 18.7. The first-order valence-electron chi connectivity index (χ1n) is 10.7. The van der Waals surface area contributed by atoms with Gasteiger partial charge in [0.15, 0.2) is 0 Å². The van der Waals surface area contributed by atoms with Crippen LogP contribution < -0.4 is 16.4 Å². The van der Waals surface area contributed by atoms with Crippen LogP contribution in [0.3, 0.4) is 0 Å². The average molecular weight is 454 g/mol. The molecule has 0 fully saturated rings. The Morgan fingerprint density at radius 2 is 1.74 bits per heavy atom. The molecule has 6 nitrogen and oxygen atoms in total. The molecule has 170 valence electrons. The minimum Gasteiger partial charge on any atom is -0.399 e. The van der Waals surface area contributed by atoms with Crippen LogP contribution in [0.15, 0.2) is 85.7 Å². The Kier molecular flexibility index (Phi) is 6.64. The zero-order chi connectivity index (χ0) is 24.1. The lowest BCUT2D eigenvalue weighted by atomic mass is 10.1. The van der Waals surface area contributed by atoms with Crippen molar-refractivity contribution in [2.75, 3.05) is 16.4 Å². The normalized spacial score (nSPS) is 10.5. The Bertz CT molecular complexity index is 1350. The Morgan fingerprint density at radius 3 is 2.47 bits per heavy atom. The number of carbonyl (C=O) groups excluding carboxylic acids is 1. The van der Waals surface area contributed by atoms with Gasteiger partial charge in [-0.1, -0.05) is 42.5 Å². The number of benzene rings is 3. The molecule has 1 amide bonds. The molecule has 34 heavy (non-hydrogen) atoms. The third-order valence-corrected chi connectivity index (χ3v) is 5.15. The van der Waals surface area contributed by atoms with Crippen LogP contribution in [0.25, 0.3) is 5.70 Å². The molecule has 4 aromatic rings. The summed E-state index contributed by atoms with van der Waals surface area (Å²) in [7, 11) is 0. The van der Waals surface area contributed by atoms with Gasteiger partial charge in [0.25, 0.3) is 5.91 Å². The monoisotopic (exact) mass is 453 g/mol. The number of amides is 1. The van der Waals surface area contributed by atoms with Crippen molar-refractivity contribution < 1.29 is 9.18 Å². The summed E-state index contributed by atoms with van der Waals surface area (Å²) in [6, 6.07) is 19.6. The first kappa shape index (κ1) is 22.7. The predicted octanol–water partition coefficient (Wildman–Crippen LogP) is 5.43. The number of aryl methyl sites for hydroxylation is 1. The molecule has 0 bridgehead atoms. The van der Waals surface area contributed by atoms with Gasteiger partial charge in [-0.15, -0.1) is 0 Å². The highest BCUT2D eigenvalue weighted by molar-refractivity contribution is 6.05. The Hall–Kier alpha value is -4.52. The lowest BCUT2D eigenvalue weighted by molar-refractivity contribution is 0.102. The summed E-state index contributed by atoms with van der Waals surface area (Å²) in [6.45, 7) is 6.03. The van der Waals surface area contributed by atoms with E-state index in [1.54, 1.807) is 6.07 Å². The molecule has 1 heterocycles.